The smallest absolute Gasteiger partial charge is 0.356 e. The van der Waals surface area contributed by atoms with Crippen LogP contribution in [0.3, 0.4) is 0 Å². The lowest BCUT2D eigenvalue weighted by molar-refractivity contribution is 0.0687. The third-order valence-corrected chi connectivity index (χ3v) is 2.40. The van der Waals surface area contributed by atoms with Gasteiger partial charge in [0.05, 0.1) is 18.0 Å². The molecule has 0 spiro atoms. The van der Waals surface area contributed by atoms with Gasteiger partial charge in [-0.3, -0.25) is 4.79 Å². The van der Waals surface area contributed by atoms with E-state index >= 15 is 0 Å². The quantitative estimate of drug-likeness (QED) is 0.719. The second-order valence-corrected chi connectivity index (χ2v) is 3.39. The number of nitrogens with one attached hydrogen (secondary N) is 1. The maximum atomic E-state index is 11.7. The minimum atomic E-state index is -1.39. The summed E-state index contributed by atoms with van der Waals surface area (Å²) in [5, 5.41) is 18.4. The van der Waals surface area contributed by atoms with E-state index in [-0.39, 0.29) is 5.39 Å². The van der Waals surface area contributed by atoms with E-state index in [2.05, 4.69) is 4.98 Å². The first-order valence-corrected chi connectivity index (χ1v) is 4.71. The number of H-pyrrole nitrogens is 1. The van der Waals surface area contributed by atoms with Crippen LogP contribution in [-0.4, -0.2) is 28.3 Å². The molecule has 6 nitrogen and oxygen atoms in total. The maximum absolute atomic E-state index is 11.7. The molecule has 17 heavy (non-hydrogen) atoms. The van der Waals surface area contributed by atoms with E-state index in [0.29, 0.717) is 11.3 Å². The number of hydrogen-bond acceptors (Lipinski definition) is 4. The molecule has 1 aromatic heterocycles. The molecule has 0 aliphatic carbocycles. The zero-order chi connectivity index (χ0) is 12.6. The zero-order valence-corrected chi connectivity index (χ0v) is 8.85. The highest BCUT2D eigenvalue weighted by Gasteiger charge is 2.16. The molecule has 1 aromatic carbocycles. The van der Waals surface area contributed by atoms with Crippen molar-refractivity contribution in [3.05, 3.63) is 34.1 Å². The van der Waals surface area contributed by atoms with Crippen LogP contribution in [0.25, 0.3) is 10.9 Å². The minimum Gasteiger partial charge on any atom is -0.502 e. The van der Waals surface area contributed by atoms with Crippen molar-refractivity contribution in [1.29, 1.82) is 0 Å². The number of aromatic hydroxyl groups is 1. The molecule has 0 aliphatic rings. The number of benzene rings is 1. The molecule has 2 rings (SSSR count). The average molecular weight is 235 g/mol. The summed E-state index contributed by atoms with van der Waals surface area (Å²) in [7, 11) is 1.45. The SMILES string of the molecule is COc1ccc2[nH]c(C(=O)O)c(O)c(=O)c2c1. The van der Waals surface area contributed by atoms with Crippen molar-refractivity contribution >= 4 is 16.9 Å². The number of ether oxygens (including phenoxy) is 1. The van der Waals surface area contributed by atoms with Crippen molar-refractivity contribution in [2.75, 3.05) is 7.11 Å². The summed E-state index contributed by atoms with van der Waals surface area (Å²) < 4.78 is 4.94. The Kier molecular flexibility index (Phi) is 2.47. The number of carboxylic acids is 1. The van der Waals surface area contributed by atoms with Crippen LogP contribution in [0.15, 0.2) is 23.0 Å². The summed E-state index contributed by atoms with van der Waals surface area (Å²) in [6.45, 7) is 0. The van der Waals surface area contributed by atoms with E-state index < -0.39 is 22.8 Å². The molecule has 0 atom stereocenters. The number of aromatic carboxylic acids is 1. The first kappa shape index (κ1) is 11.0. The molecule has 0 amide bonds. The lowest BCUT2D eigenvalue weighted by atomic mass is 10.1. The van der Waals surface area contributed by atoms with Gasteiger partial charge in [0.25, 0.3) is 0 Å². The topological polar surface area (TPSA) is 99.6 Å². The number of rotatable bonds is 2. The third-order valence-electron chi connectivity index (χ3n) is 2.40. The van der Waals surface area contributed by atoms with Crippen molar-refractivity contribution in [3.8, 4) is 11.5 Å². The molecular formula is C11H9NO5. The molecule has 0 unspecified atom stereocenters. The number of hydrogen-bond donors (Lipinski definition) is 3. The van der Waals surface area contributed by atoms with Gasteiger partial charge >= 0.3 is 5.97 Å². The fourth-order valence-electron chi connectivity index (χ4n) is 1.54. The van der Waals surface area contributed by atoms with Crippen LogP contribution < -0.4 is 10.2 Å². The van der Waals surface area contributed by atoms with Gasteiger partial charge in [0.2, 0.25) is 5.43 Å². The third kappa shape index (κ3) is 1.69. The van der Waals surface area contributed by atoms with E-state index in [1.54, 1.807) is 6.07 Å². The van der Waals surface area contributed by atoms with Gasteiger partial charge in [0.15, 0.2) is 11.4 Å². The molecule has 6 heteroatoms. The predicted molar refractivity (Wildman–Crippen MR) is 59.7 cm³/mol. The van der Waals surface area contributed by atoms with Crippen molar-refractivity contribution in [2.24, 2.45) is 0 Å². The Labute approximate surface area is 95.1 Å². The molecule has 0 saturated carbocycles. The van der Waals surface area contributed by atoms with Crippen molar-refractivity contribution in [3.63, 3.8) is 0 Å². The summed E-state index contributed by atoms with van der Waals surface area (Å²) in [6.07, 6.45) is 0. The molecule has 0 fully saturated rings. The predicted octanol–water partition coefficient (Wildman–Crippen LogP) is 0.940. The van der Waals surface area contributed by atoms with Crippen molar-refractivity contribution < 1.29 is 19.7 Å². The summed E-state index contributed by atoms with van der Waals surface area (Å²) in [5.74, 6) is -1.75. The summed E-state index contributed by atoms with van der Waals surface area (Å²) in [4.78, 5) is 25.0. The number of methoxy groups -OCH3 is 1. The summed E-state index contributed by atoms with van der Waals surface area (Å²) in [6, 6.07) is 4.53. The molecule has 0 aliphatic heterocycles. The fourth-order valence-corrected chi connectivity index (χ4v) is 1.54. The van der Waals surface area contributed by atoms with Gasteiger partial charge in [0, 0.05) is 0 Å². The molecule has 3 N–H and O–H groups in total. The summed E-state index contributed by atoms with van der Waals surface area (Å²) >= 11 is 0. The van der Waals surface area contributed by atoms with E-state index in [0.717, 1.165) is 0 Å². The van der Waals surface area contributed by atoms with E-state index in [1.165, 1.54) is 19.2 Å². The first-order chi connectivity index (χ1) is 8.04. The highest BCUT2D eigenvalue weighted by atomic mass is 16.5. The van der Waals surface area contributed by atoms with Gasteiger partial charge in [0.1, 0.15) is 5.75 Å². The molecule has 2 aromatic rings. The van der Waals surface area contributed by atoms with E-state index in [9.17, 15) is 14.7 Å². The van der Waals surface area contributed by atoms with Crippen LogP contribution in [0.4, 0.5) is 0 Å². The van der Waals surface area contributed by atoms with Gasteiger partial charge < -0.3 is 19.9 Å². The molecule has 88 valence electrons. The number of aromatic nitrogens is 1. The maximum Gasteiger partial charge on any atom is 0.356 e. The molecule has 1 heterocycles. The van der Waals surface area contributed by atoms with Gasteiger partial charge in [-0.1, -0.05) is 0 Å². The van der Waals surface area contributed by atoms with Crippen molar-refractivity contribution in [1.82, 2.24) is 4.98 Å². The molecular weight excluding hydrogens is 226 g/mol. The second-order valence-electron chi connectivity index (χ2n) is 3.39. The second kappa shape index (κ2) is 3.82. The van der Waals surface area contributed by atoms with Gasteiger partial charge in [-0.2, -0.15) is 0 Å². The number of fused-ring (bicyclic) bond motifs is 1. The lowest BCUT2D eigenvalue weighted by Gasteiger charge is -2.05. The van der Waals surface area contributed by atoms with Gasteiger partial charge in [-0.25, -0.2) is 4.79 Å². The van der Waals surface area contributed by atoms with Crippen LogP contribution in [0, 0.1) is 0 Å². The Balaban J connectivity index is 2.86. The summed E-state index contributed by atoms with van der Waals surface area (Å²) in [5.41, 5.74) is -0.936. The fraction of sp³-hybridized carbons (Fsp3) is 0.0909. The number of carboxylic acid groups (broad SMARTS) is 1. The largest absolute Gasteiger partial charge is 0.502 e. The highest BCUT2D eigenvalue weighted by Crippen LogP contribution is 2.20. The lowest BCUT2D eigenvalue weighted by Crippen LogP contribution is -2.11. The molecule has 0 bridgehead atoms. The Hall–Kier alpha value is -2.50. The monoisotopic (exact) mass is 235 g/mol. The van der Waals surface area contributed by atoms with E-state index in [1.807, 2.05) is 0 Å². The zero-order valence-electron chi connectivity index (χ0n) is 8.85. The first-order valence-electron chi connectivity index (χ1n) is 4.71. The number of aromatic amines is 1. The Morgan fingerprint density at radius 3 is 2.71 bits per heavy atom. The highest BCUT2D eigenvalue weighted by molar-refractivity contribution is 5.93. The Morgan fingerprint density at radius 2 is 2.12 bits per heavy atom. The van der Waals surface area contributed by atoms with Crippen LogP contribution in [0.2, 0.25) is 0 Å². The van der Waals surface area contributed by atoms with Crippen LogP contribution in [-0.2, 0) is 0 Å². The Morgan fingerprint density at radius 1 is 1.41 bits per heavy atom. The van der Waals surface area contributed by atoms with Gasteiger partial charge in [-0.15, -0.1) is 0 Å². The minimum absolute atomic E-state index is 0.173. The normalized spacial score (nSPS) is 10.4. The number of pyridine rings is 1. The standard InChI is InChI=1S/C11H9NO5/c1-17-5-2-3-7-6(4-5)9(13)10(14)8(12-7)11(15)16/h2-4,14H,1H3,(H,12,13)(H,15,16). The average Bonchev–Trinajstić information content (AvgIpc) is 2.33. The van der Waals surface area contributed by atoms with Crippen LogP contribution in [0.5, 0.6) is 11.5 Å². The van der Waals surface area contributed by atoms with Crippen LogP contribution in [0.1, 0.15) is 10.5 Å². The van der Waals surface area contributed by atoms with Gasteiger partial charge in [-0.05, 0) is 18.2 Å². The van der Waals surface area contributed by atoms with Crippen LogP contribution >= 0.6 is 0 Å². The van der Waals surface area contributed by atoms with E-state index in [4.69, 9.17) is 9.84 Å². The molecule has 0 saturated heterocycles. The number of carbonyl (C=O) groups is 1. The van der Waals surface area contributed by atoms with Crippen molar-refractivity contribution in [2.45, 2.75) is 0 Å². The molecule has 0 radical (unpaired) electrons. The Bertz CT molecular complexity index is 659.